The van der Waals surface area contributed by atoms with Gasteiger partial charge in [0.1, 0.15) is 5.82 Å². The van der Waals surface area contributed by atoms with E-state index in [1.807, 2.05) is 44.2 Å². The van der Waals surface area contributed by atoms with Crippen molar-refractivity contribution in [1.29, 1.82) is 0 Å². The van der Waals surface area contributed by atoms with E-state index in [2.05, 4.69) is 4.98 Å². The number of nitrogens with two attached hydrogens (primary N) is 1. The van der Waals surface area contributed by atoms with Crippen LogP contribution in [0.2, 0.25) is 0 Å². The number of hydrogen-bond acceptors (Lipinski definition) is 5. The minimum absolute atomic E-state index is 0.00974. The first-order chi connectivity index (χ1) is 13.5. The molecule has 0 aliphatic carbocycles. The lowest BCUT2D eigenvalue weighted by Crippen LogP contribution is -2.44. The number of carbonyl (C=O) groups is 1. The van der Waals surface area contributed by atoms with E-state index >= 15 is 0 Å². The number of aromatic amines is 1. The van der Waals surface area contributed by atoms with Crippen LogP contribution in [0, 0.1) is 0 Å². The number of ether oxygens (including phenoxy) is 1. The van der Waals surface area contributed by atoms with Crippen molar-refractivity contribution in [3.8, 4) is 0 Å². The van der Waals surface area contributed by atoms with Gasteiger partial charge in [-0.2, -0.15) is 0 Å². The first-order valence-electron chi connectivity index (χ1n) is 9.44. The molecular weight excluding hydrogens is 360 g/mol. The number of rotatable bonds is 9. The molecule has 0 aliphatic rings. The highest BCUT2D eigenvalue weighted by atomic mass is 16.5. The van der Waals surface area contributed by atoms with Gasteiger partial charge in [0.15, 0.2) is 5.69 Å². The minimum Gasteiger partial charge on any atom is -0.383 e. The second-order valence-electron chi connectivity index (χ2n) is 6.50. The summed E-state index contributed by atoms with van der Waals surface area (Å²) in [6.07, 6.45) is 1.21. The van der Waals surface area contributed by atoms with Crippen LogP contribution in [0.4, 0.5) is 11.5 Å². The van der Waals surface area contributed by atoms with E-state index in [1.165, 1.54) is 16.6 Å². The Morgan fingerprint density at radius 2 is 1.93 bits per heavy atom. The molecule has 0 unspecified atom stereocenters. The number of nitrogens with one attached hydrogen (secondary N) is 1. The Bertz CT molecular complexity index is 905. The predicted molar refractivity (Wildman–Crippen MR) is 110 cm³/mol. The Labute approximate surface area is 163 Å². The number of aromatic nitrogens is 2. The van der Waals surface area contributed by atoms with Gasteiger partial charge in [-0.05, 0) is 18.4 Å². The molecule has 2 aromatic rings. The largest absolute Gasteiger partial charge is 0.383 e. The monoisotopic (exact) mass is 388 g/mol. The van der Waals surface area contributed by atoms with Crippen LogP contribution < -0.4 is 21.9 Å². The molecule has 1 amide bonds. The summed E-state index contributed by atoms with van der Waals surface area (Å²) in [5, 5.41) is 0. The zero-order valence-corrected chi connectivity index (χ0v) is 16.6. The SMILES string of the molecule is CCCn1c(N)c(N(CCOC)C(=O)[C@H](CC)c2ccccc2)c(=O)[nH]c1=O. The Hall–Kier alpha value is -2.87. The summed E-state index contributed by atoms with van der Waals surface area (Å²) in [4.78, 5) is 41.7. The van der Waals surface area contributed by atoms with Crippen molar-refractivity contribution in [2.45, 2.75) is 39.2 Å². The molecule has 0 aliphatic heterocycles. The molecule has 1 atom stereocenters. The third-order valence-electron chi connectivity index (χ3n) is 4.62. The van der Waals surface area contributed by atoms with Crippen LogP contribution in [0.5, 0.6) is 0 Å². The van der Waals surface area contributed by atoms with E-state index in [4.69, 9.17) is 10.5 Å². The minimum atomic E-state index is -0.678. The lowest BCUT2D eigenvalue weighted by molar-refractivity contribution is -0.120. The van der Waals surface area contributed by atoms with Crippen molar-refractivity contribution in [2.24, 2.45) is 0 Å². The van der Waals surface area contributed by atoms with E-state index in [0.717, 1.165) is 5.56 Å². The lowest BCUT2D eigenvalue weighted by Gasteiger charge is -2.28. The number of carbonyl (C=O) groups excluding carboxylic acids is 1. The molecule has 3 N–H and O–H groups in total. The van der Waals surface area contributed by atoms with E-state index in [-0.39, 0.29) is 30.6 Å². The first-order valence-corrected chi connectivity index (χ1v) is 9.44. The summed E-state index contributed by atoms with van der Waals surface area (Å²) in [6.45, 7) is 4.53. The molecule has 152 valence electrons. The molecule has 0 fully saturated rings. The molecule has 8 nitrogen and oxygen atoms in total. The average Bonchev–Trinajstić information content (AvgIpc) is 2.68. The van der Waals surface area contributed by atoms with Crippen molar-refractivity contribution in [3.05, 3.63) is 56.7 Å². The zero-order valence-electron chi connectivity index (χ0n) is 16.6. The van der Waals surface area contributed by atoms with Gasteiger partial charge in [-0.3, -0.25) is 19.1 Å². The van der Waals surface area contributed by atoms with E-state index in [1.54, 1.807) is 0 Å². The smallest absolute Gasteiger partial charge is 0.330 e. The van der Waals surface area contributed by atoms with E-state index in [0.29, 0.717) is 19.4 Å². The maximum Gasteiger partial charge on any atom is 0.330 e. The second kappa shape index (κ2) is 9.89. The predicted octanol–water partition coefficient (Wildman–Crippen LogP) is 1.70. The summed E-state index contributed by atoms with van der Waals surface area (Å²) in [5.74, 6) is -0.712. The van der Waals surface area contributed by atoms with Gasteiger partial charge in [-0.1, -0.05) is 44.2 Å². The van der Waals surface area contributed by atoms with Crippen molar-refractivity contribution >= 4 is 17.4 Å². The number of benzene rings is 1. The van der Waals surface area contributed by atoms with E-state index in [9.17, 15) is 14.4 Å². The van der Waals surface area contributed by atoms with Crippen LogP contribution in [0.1, 0.15) is 38.2 Å². The molecule has 0 saturated heterocycles. The fourth-order valence-corrected chi connectivity index (χ4v) is 3.22. The van der Waals surface area contributed by atoms with Crippen LogP contribution in [-0.4, -0.2) is 35.7 Å². The van der Waals surface area contributed by atoms with Gasteiger partial charge < -0.3 is 15.4 Å². The Morgan fingerprint density at radius 1 is 1.25 bits per heavy atom. The average molecular weight is 388 g/mol. The quantitative estimate of drug-likeness (QED) is 0.679. The molecule has 1 heterocycles. The molecule has 0 saturated carbocycles. The molecule has 0 spiro atoms. The molecule has 2 rings (SSSR count). The van der Waals surface area contributed by atoms with Gasteiger partial charge in [0.2, 0.25) is 5.91 Å². The summed E-state index contributed by atoms with van der Waals surface area (Å²) in [6, 6.07) is 9.38. The Kier molecular flexibility index (Phi) is 7.57. The number of methoxy groups -OCH3 is 1. The number of nitrogens with zero attached hydrogens (tertiary/aromatic N) is 2. The van der Waals surface area contributed by atoms with Crippen LogP contribution in [-0.2, 0) is 16.1 Å². The van der Waals surface area contributed by atoms with Crippen molar-refractivity contribution in [2.75, 3.05) is 30.9 Å². The van der Waals surface area contributed by atoms with E-state index < -0.39 is 17.2 Å². The van der Waals surface area contributed by atoms with Crippen molar-refractivity contribution in [1.82, 2.24) is 9.55 Å². The number of hydrogen-bond donors (Lipinski definition) is 2. The summed E-state index contributed by atoms with van der Waals surface area (Å²) in [5.41, 5.74) is 5.76. The zero-order chi connectivity index (χ0) is 20.7. The van der Waals surface area contributed by atoms with Gasteiger partial charge in [0.25, 0.3) is 5.56 Å². The van der Waals surface area contributed by atoms with Crippen LogP contribution >= 0.6 is 0 Å². The molecule has 0 radical (unpaired) electrons. The highest BCUT2D eigenvalue weighted by Gasteiger charge is 2.29. The first kappa shape index (κ1) is 21.4. The summed E-state index contributed by atoms with van der Waals surface area (Å²) >= 11 is 0. The maximum absolute atomic E-state index is 13.4. The van der Waals surface area contributed by atoms with Crippen LogP contribution in [0.3, 0.4) is 0 Å². The van der Waals surface area contributed by atoms with Gasteiger partial charge in [-0.25, -0.2) is 4.79 Å². The highest BCUT2D eigenvalue weighted by molar-refractivity contribution is 5.99. The third-order valence-corrected chi connectivity index (χ3v) is 4.62. The normalized spacial score (nSPS) is 12.0. The Morgan fingerprint density at radius 3 is 2.50 bits per heavy atom. The fraction of sp³-hybridized carbons (Fsp3) is 0.450. The van der Waals surface area contributed by atoms with Gasteiger partial charge in [0.05, 0.1) is 12.5 Å². The number of nitrogen functional groups attached to an aromatic ring is 1. The fourth-order valence-electron chi connectivity index (χ4n) is 3.22. The van der Waals surface area contributed by atoms with Crippen molar-refractivity contribution < 1.29 is 9.53 Å². The standard InChI is InChI=1S/C20H28N4O4/c1-4-11-24-17(21)16(18(25)22-20(24)27)23(12-13-28-3)19(26)15(5-2)14-9-7-6-8-10-14/h6-10,15H,4-5,11-13,21H2,1-3H3,(H,22,25,27)/t15-/m1/s1. The summed E-state index contributed by atoms with van der Waals surface area (Å²) < 4.78 is 6.41. The van der Waals surface area contributed by atoms with Gasteiger partial charge in [-0.15, -0.1) is 0 Å². The second-order valence-corrected chi connectivity index (χ2v) is 6.50. The molecule has 0 bridgehead atoms. The molecule has 1 aromatic carbocycles. The molecular formula is C20H28N4O4. The summed E-state index contributed by atoms with van der Waals surface area (Å²) in [7, 11) is 1.52. The van der Waals surface area contributed by atoms with Gasteiger partial charge >= 0.3 is 5.69 Å². The highest BCUT2D eigenvalue weighted by Crippen LogP contribution is 2.26. The molecule has 8 heteroatoms. The topological polar surface area (TPSA) is 110 Å². The van der Waals surface area contributed by atoms with Crippen LogP contribution in [0.15, 0.2) is 39.9 Å². The number of H-pyrrole nitrogens is 1. The van der Waals surface area contributed by atoms with Crippen LogP contribution in [0.25, 0.3) is 0 Å². The molecule has 1 aromatic heterocycles. The van der Waals surface area contributed by atoms with Gasteiger partial charge in [0, 0.05) is 20.2 Å². The molecule has 28 heavy (non-hydrogen) atoms. The third kappa shape index (κ3) is 4.51. The number of anilines is 2. The maximum atomic E-state index is 13.4. The van der Waals surface area contributed by atoms with Crippen molar-refractivity contribution in [3.63, 3.8) is 0 Å². The Balaban J connectivity index is 2.58. The lowest BCUT2D eigenvalue weighted by atomic mass is 9.95. The number of amides is 1.